The Morgan fingerprint density at radius 3 is 2.78 bits per heavy atom. The van der Waals surface area contributed by atoms with Crippen LogP contribution in [0.3, 0.4) is 0 Å². The van der Waals surface area contributed by atoms with Gasteiger partial charge in [-0.25, -0.2) is 13.8 Å². The van der Waals surface area contributed by atoms with E-state index in [-0.39, 0.29) is 17.4 Å². The van der Waals surface area contributed by atoms with Gasteiger partial charge in [0.1, 0.15) is 17.5 Å². The van der Waals surface area contributed by atoms with Crippen LogP contribution in [0.2, 0.25) is 5.02 Å². The number of carbonyl (C=O) groups excluding carboxylic acids is 1. The number of halogens is 3. The molecule has 3 heterocycles. The van der Waals surface area contributed by atoms with E-state index in [0.29, 0.717) is 52.3 Å². The molecule has 0 aliphatic heterocycles. The summed E-state index contributed by atoms with van der Waals surface area (Å²) in [7, 11) is 0. The lowest BCUT2D eigenvalue weighted by molar-refractivity contribution is -0.117. The van der Waals surface area contributed by atoms with E-state index in [1.54, 1.807) is 35.1 Å². The Morgan fingerprint density at radius 1 is 1.34 bits per heavy atom. The van der Waals surface area contributed by atoms with Gasteiger partial charge >= 0.3 is 0 Å². The highest BCUT2D eigenvalue weighted by Gasteiger charge is 2.43. The molecule has 3 aromatic heterocycles. The van der Waals surface area contributed by atoms with Gasteiger partial charge in [-0.3, -0.25) is 9.89 Å². The van der Waals surface area contributed by atoms with E-state index < -0.39 is 17.9 Å². The summed E-state index contributed by atoms with van der Waals surface area (Å²) in [6, 6.07) is 3.54. The van der Waals surface area contributed by atoms with Crippen molar-refractivity contribution in [2.24, 2.45) is 5.92 Å². The van der Waals surface area contributed by atoms with Gasteiger partial charge in [-0.1, -0.05) is 11.6 Å². The number of fused-ring (bicyclic) bond motifs is 2. The third-order valence-corrected chi connectivity index (χ3v) is 6.24. The van der Waals surface area contributed by atoms with Crippen molar-refractivity contribution in [2.75, 3.05) is 23.3 Å². The zero-order valence-corrected chi connectivity index (χ0v) is 18.2. The molecule has 1 aliphatic rings. The molecule has 166 valence electrons. The van der Waals surface area contributed by atoms with Crippen LogP contribution in [0.4, 0.5) is 20.3 Å². The highest BCUT2D eigenvalue weighted by Crippen LogP contribution is 2.42. The third kappa shape index (κ3) is 3.28. The van der Waals surface area contributed by atoms with Gasteiger partial charge in [0.15, 0.2) is 11.6 Å². The van der Waals surface area contributed by atoms with Crippen LogP contribution < -0.4 is 10.2 Å². The SMILES string of the molecule is CCN(CC)c1c(F)c(Cl)c(-c2ccc3nc(NC(=O)C4CC4F)cn3c2)c2cn[nH]c12. The summed E-state index contributed by atoms with van der Waals surface area (Å²) >= 11 is 6.55. The maximum atomic E-state index is 15.4. The second kappa shape index (κ2) is 7.74. The summed E-state index contributed by atoms with van der Waals surface area (Å²) in [5.41, 5.74) is 2.74. The molecule has 1 fully saturated rings. The quantitative estimate of drug-likeness (QED) is 0.434. The first-order valence-corrected chi connectivity index (χ1v) is 10.8. The predicted molar refractivity (Wildman–Crippen MR) is 120 cm³/mol. The van der Waals surface area contributed by atoms with Crippen LogP contribution in [0.1, 0.15) is 20.3 Å². The Kier molecular flexibility index (Phi) is 5.00. The zero-order chi connectivity index (χ0) is 22.6. The molecular formula is C22H21ClF2N6O. The van der Waals surface area contributed by atoms with Crippen molar-refractivity contribution in [1.82, 2.24) is 19.6 Å². The summed E-state index contributed by atoms with van der Waals surface area (Å²) in [6.45, 7) is 5.15. The number of carbonyl (C=O) groups is 1. The first-order chi connectivity index (χ1) is 15.4. The molecule has 1 saturated carbocycles. The zero-order valence-electron chi connectivity index (χ0n) is 17.5. The second-order valence-corrected chi connectivity index (χ2v) is 8.22. The number of amides is 1. The number of anilines is 2. The smallest absolute Gasteiger partial charge is 0.231 e. The molecule has 2 N–H and O–H groups in total. The van der Waals surface area contributed by atoms with E-state index in [0.717, 1.165) is 0 Å². The molecule has 2 atom stereocenters. The van der Waals surface area contributed by atoms with Crippen molar-refractivity contribution in [3.63, 3.8) is 0 Å². The highest BCUT2D eigenvalue weighted by atomic mass is 35.5. The lowest BCUT2D eigenvalue weighted by Crippen LogP contribution is -2.23. The monoisotopic (exact) mass is 458 g/mol. The number of aromatic nitrogens is 4. The number of nitrogens with one attached hydrogen (secondary N) is 2. The highest BCUT2D eigenvalue weighted by molar-refractivity contribution is 6.36. The van der Waals surface area contributed by atoms with E-state index >= 15 is 4.39 Å². The van der Waals surface area contributed by atoms with Gasteiger partial charge in [-0.05, 0) is 32.4 Å². The first kappa shape index (κ1) is 20.7. The van der Waals surface area contributed by atoms with Crippen molar-refractivity contribution < 1.29 is 13.6 Å². The molecule has 1 aromatic carbocycles. The third-order valence-electron chi connectivity index (χ3n) is 5.89. The molecule has 32 heavy (non-hydrogen) atoms. The minimum atomic E-state index is -1.08. The molecular weight excluding hydrogens is 438 g/mol. The number of rotatable bonds is 6. The van der Waals surface area contributed by atoms with Gasteiger partial charge in [0, 0.05) is 35.8 Å². The minimum Gasteiger partial charge on any atom is -0.368 e. The standard InChI is InChI=1S/C22H21ClF2N6O/c1-3-30(4-2)21-19(25)18(23)17(13-8-26-29-20(13)21)11-5-6-16-27-15(10-31(16)9-11)28-22(32)12-7-14(12)24/h5-6,8-10,12,14H,3-4,7H2,1-2H3,(H,26,29)(H,28,32). The molecule has 10 heteroatoms. The maximum absolute atomic E-state index is 15.4. The number of pyridine rings is 1. The van der Waals surface area contributed by atoms with Gasteiger partial charge in [0.2, 0.25) is 5.91 Å². The van der Waals surface area contributed by atoms with Crippen molar-refractivity contribution in [3.8, 4) is 11.1 Å². The van der Waals surface area contributed by atoms with Crippen LogP contribution in [0.25, 0.3) is 27.7 Å². The van der Waals surface area contributed by atoms with Gasteiger partial charge in [-0.2, -0.15) is 5.10 Å². The molecule has 5 rings (SSSR count). The van der Waals surface area contributed by atoms with E-state index in [9.17, 15) is 9.18 Å². The fraction of sp³-hybridized carbons (Fsp3) is 0.318. The second-order valence-electron chi connectivity index (χ2n) is 7.84. The number of benzene rings is 1. The Morgan fingerprint density at radius 2 is 2.09 bits per heavy atom. The van der Waals surface area contributed by atoms with Gasteiger partial charge in [-0.15, -0.1) is 0 Å². The van der Waals surface area contributed by atoms with E-state index in [1.807, 2.05) is 18.7 Å². The predicted octanol–water partition coefficient (Wildman–Crippen LogP) is 4.81. The number of aromatic amines is 1. The number of hydrogen-bond donors (Lipinski definition) is 2. The van der Waals surface area contributed by atoms with Crippen molar-refractivity contribution in [1.29, 1.82) is 0 Å². The summed E-state index contributed by atoms with van der Waals surface area (Å²) in [5, 5.41) is 10.4. The fourth-order valence-corrected chi connectivity index (χ4v) is 4.37. The fourth-order valence-electron chi connectivity index (χ4n) is 4.07. The molecule has 1 aliphatic carbocycles. The Bertz CT molecular complexity index is 1350. The molecule has 2 unspecified atom stereocenters. The number of imidazole rings is 1. The Labute approximate surface area is 187 Å². The first-order valence-electron chi connectivity index (χ1n) is 10.5. The van der Waals surface area contributed by atoms with Crippen LogP contribution in [-0.4, -0.2) is 44.8 Å². The molecule has 0 bridgehead atoms. The molecule has 1 amide bonds. The van der Waals surface area contributed by atoms with Gasteiger partial charge < -0.3 is 14.6 Å². The van der Waals surface area contributed by atoms with E-state index in [2.05, 4.69) is 20.5 Å². The average molecular weight is 459 g/mol. The van der Waals surface area contributed by atoms with Crippen LogP contribution in [0.5, 0.6) is 0 Å². The summed E-state index contributed by atoms with van der Waals surface area (Å²) < 4.78 is 30.3. The lowest BCUT2D eigenvalue weighted by Gasteiger charge is -2.24. The van der Waals surface area contributed by atoms with Crippen LogP contribution in [0, 0.1) is 11.7 Å². The number of alkyl halides is 1. The van der Waals surface area contributed by atoms with Crippen molar-refractivity contribution >= 4 is 45.6 Å². The summed E-state index contributed by atoms with van der Waals surface area (Å²) in [4.78, 5) is 18.3. The number of H-pyrrole nitrogens is 1. The Hall–Kier alpha value is -3.20. The topological polar surface area (TPSA) is 78.3 Å². The average Bonchev–Trinajstić information content (AvgIpc) is 3.15. The lowest BCUT2D eigenvalue weighted by atomic mass is 10.0. The maximum Gasteiger partial charge on any atom is 0.231 e. The van der Waals surface area contributed by atoms with Gasteiger partial charge in [0.05, 0.1) is 28.9 Å². The molecule has 0 spiro atoms. The van der Waals surface area contributed by atoms with E-state index in [4.69, 9.17) is 11.6 Å². The summed E-state index contributed by atoms with van der Waals surface area (Å²) in [5.74, 6) is -1.16. The van der Waals surface area contributed by atoms with Crippen molar-refractivity contribution in [3.05, 3.63) is 41.6 Å². The normalized spacial score (nSPS) is 17.8. The minimum absolute atomic E-state index is 0.0107. The molecule has 7 nitrogen and oxygen atoms in total. The van der Waals surface area contributed by atoms with E-state index in [1.165, 1.54) is 0 Å². The van der Waals surface area contributed by atoms with Crippen LogP contribution in [0.15, 0.2) is 30.7 Å². The van der Waals surface area contributed by atoms with Gasteiger partial charge in [0.25, 0.3) is 0 Å². The van der Waals surface area contributed by atoms with Crippen LogP contribution >= 0.6 is 11.6 Å². The molecule has 0 radical (unpaired) electrons. The van der Waals surface area contributed by atoms with Crippen LogP contribution in [-0.2, 0) is 4.79 Å². The molecule has 4 aromatic rings. The largest absolute Gasteiger partial charge is 0.368 e. The Balaban J connectivity index is 1.58. The number of nitrogens with zero attached hydrogens (tertiary/aromatic N) is 4. The summed E-state index contributed by atoms with van der Waals surface area (Å²) in [6.07, 6.45) is 4.20. The molecule has 0 saturated heterocycles. The number of hydrogen-bond acceptors (Lipinski definition) is 4. The van der Waals surface area contributed by atoms with Crippen molar-refractivity contribution in [2.45, 2.75) is 26.4 Å².